The third-order valence-corrected chi connectivity index (χ3v) is 4.86. The van der Waals surface area contributed by atoms with E-state index in [2.05, 4.69) is 4.90 Å². The van der Waals surface area contributed by atoms with Gasteiger partial charge in [-0.25, -0.2) is 4.79 Å². The maximum absolute atomic E-state index is 10.7. The molecule has 1 aliphatic rings. The Labute approximate surface area is 193 Å². The molecule has 1 unspecified atom stereocenters. The van der Waals surface area contributed by atoms with E-state index in [4.69, 9.17) is 36.1 Å². The van der Waals surface area contributed by atoms with E-state index < -0.39 is 18.1 Å². The Morgan fingerprint density at radius 3 is 2.24 bits per heavy atom. The number of carboxylic acids is 2. The summed E-state index contributed by atoms with van der Waals surface area (Å²) in [6, 6.07) is 15.5. The summed E-state index contributed by atoms with van der Waals surface area (Å²) >= 11 is 5.88. The maximum atomic E-state index is 10.7. The van der Waals surface area contributed by atoms with Crippen LogP contribution in [0.15, 0.2) is 48.5 Å². The van der Waals surface area contributed by atoms with Crippen molar-refractivity contribution in [2.24, 2.45) is 0 Å². The smallest absolute Gasteiger partial charge is 0.489 e. The van der Waals surface area contributed by atoms with Gasteiger partial charge in [-0.2, -0.15) is 13.2 Å². The molecule has 0 aliphatic carbocycles. The van der Waals surface area contributed by atoms with E-state index in [1.54, 1.807) is 0 Å². The number of morpholine rings is 1. The molecule has 3 rings (SSSR count). The SMILES string of the molecule is O=C(O)C(F)(F)F.O=C(O)CCN1CCOC(c2ccc(OCc3ccc(Cl)cc3)cc2)C1. The molecule has 1 atom stereocenters. The first kappa shape index (κ1) is 26.4. The lowest BCUT2D eigenvalue weighted by molar-refractivity contribution is -0.192. The van der Waals surface area contributed by atoms with Crippen LogP contribution in [0, 0.1) is 0 Å². The molecule has 0 spiro atoms. The Hall–Kier alpha value is -2.82. The first-order valence-electron chi connectivity index (χ1n) is 9.87. The molecule has 180 valence electrons. The summed E-state index contributed by atoms with van der Waals surface area (Å²) in [5.41, 5.74) is 2.13. The van der Waals surface area contributed by atoms with Crippen molar-refractivity contribution in [2.45, 2.75) is 25.3 Å². The van der Waals surface area contributed by atoms with Gasteiger partial charge in [0, 0.05) is 24.7 Å². The van der Waals surface area contributed by atoms with Gasteiger partial charge in [-0.3, -0.25) is 9.69 Å². The summed E-state index contributed by atoms with van der Waals surface area (Å²) in [7, 11) is 0. The summed E-state index contributed by atoms with van der Waals surface area (Å²) in [6.45, 7) is 3.13. The van der Waals surface area contributed by atoms with Crippen LogP contribution in [-0.4, -0.2) is 59.5 Å². The Morgan fingerprint density at radius 2 is 1.70 bits per heavy atom. The molecule has 11 heteroatoms. The molecule has 7 nitrogen and oxygen atoms in total. The van der Waals surface area contributed by atoms with Crippen molar-refractivity contribution in [3.05, 3.63) is 64.7 Å². The van der Waals surface area contributed by atoms with Crippen LogP contribution in [0.5, 0.6) is 5.75 Å². The van der Waals surface area contributed by atoms with Gasteiger partial charge < -0.3 is 19.7 Å². The Morgan fingerprint density at radius 1 is 1.09 bits per heavy atom. The third-order valence-electron chi connectivity index (χ3n) is 4.61. The van der Waals surface area contributed by atoms with Crippen molar-refractivity contribution in [1.82, 2.24) is 4.90 Å². The van der Waals surface area contributed by atoms with Crippen molar-refractivity contribution in [3.63, 3.8) is 0 Å². The summed E-state index contributed by atoms with van der Waals surface area (Å²) in [5, 5.41) is 16.7. The quantitative estimate of drug-likeness (QED) is 0.595. The number of aliphatic carboxylic acids is 2. The van der Waals surface area contributed by atoms with Crippen LogP contribution in [0.3, 0.4) is 0 Å². The lowest BCUT2D eigenvalue weighted by Gasteiger charge is -2.32. The van der Waals surface area contributed by atoms with Crippen molar-refractivity contribution < 1.29 is 42.4 Å². The summed E-state index contributed by atoms with van der Waals surface area (Å²) in [6.07, 6.45) is -4.97. The molecule has 2 N–H and O–H groups in total. The molecular formula is C22H23ClF3NO6. The predicted molar refractivity (Wildman–Crippen MR) is 113 cm³/mol. The second-order valence-corrected chi connectivity index (χ2v) is 7.53. The molecule has 1 fully saturated rings. The monoisotopic (exact) mass is 489 g/mol. The number of benzene rings is 2. The van der Waals surface area contributed by atoms with Gasteiger partial charge in [-0.05, 0) is 35.4 Å². The first-order valence-corrected chi connectivity index (χ1v) is 10.3. The van der Waals surface area contributed by atoms with Crippen molar-refractivity contribution in [1.29, 1.82) is 0 Å². The lowest BCUT2D eigenvalue weighted by Crippen LogP contribution is -2.39. The number of carbonyl (C=O) groups is 2. The molecule has 0 saturated carbocycles. The van der Waals surface area contributed by atoms with Gasteiger partial charge in [0.1, 0.15) is 12.4 Å². The van der Waals surface area contributed by atoms with E-state index in [0.717, 1.165) is 23.4 Å². The van der Waals surface area contributed by atoms with Crippen LogP contribution in [-0.2, 0) is 20.9 Å². The van der Waals surface area contributed by atoms with Gasteiger partial charge in [-0.1, -0.05) is 35.9 Å². The van der Waals surface area contributed by atoms with E-state index in [1.807, 2.05) is 48.5 Å². The van der Waals surface area contributed by atoms with Crippen LogP contribution in [0.25, 0.3) is 0 Å². The standard InChI is InChI=1S/C20H22ClNO4.C2HF3O2/c21-17-5-1-15(2-6-17)14-26-18-7-3-16(4-8-18)19-13-22(11-12-25-19)10-9-20(23)24;3-2(4,5)1(6)7/h1-8,19H,9-14H2,(H,23,24);(H,6,7). The number of nitrogens with zero attached hydrogens (tertiary/aromatic N) is 1. The number of hydrogen-bond acceptors (Lipinski definition) is 5. The first-order chi connectivity index (χ1) is 15.5. The number of alkyl halides is 3. The fraction of sp³-hybridized carbons (Fsp3) is 0.364. The zero-order valence-electron chi connectivity index (χ0n) is 17.4. The normalized spacial score (nSPS) is 16.4. The number of ether oxygens (including phenoxy) is 2. The van der Waals surface area contributed by atoms with E-state index in [1.165, 1.54) is 0 Å². The van der Waals surface area contributed by atoms with E-state index in [-0.39, 0.29) is 12.5 Å². The molecule has 0 amide bonds. The van der Waals surface area contributed by atoms with Crippen molar-refractivity contribution >= 4 is 23.5 Å². The highest BCUT2D eigenvalue weighted by molar-refractivity contribution is 6.30. The fourth-order valence-corrected chi connectivity index (χ4v) is 3.01. The number of carboxylic acid groups (broad SMARTS) is 2. The molecule has 0 bridgehead atoms. The zero-order valence-corrected chi connectivity index (χ0v) is 18.2. The largest absolute Gasteiger partial charge is 0.490 e. The van der Waals surface area contributed by atoms with Crippen molar-refractivity contribution in [3.8, 4) is 5.75 Å². The molecule has 2 aromatic carbocycles. The van der Waals surface area contributed by atoms with Crippen LogP contribution in [0.1, 0.15) is 23.7 Å². The predicted octanol–water partition coefficient (Wildman–Crippen LogP) is 4.40. The number of hydrogen-bond donors (Lipinski definition) is 2. The van der Waals surface area contributed by atoms with Gasteiger partial charge in [0.2, 0.25) is 0 Å². The topological polar surface area (TPSA) is 96.3 Å². The zero-order chi connectivity index (χ0) is 24.4. The van der Waals surface area contributed by atoms with Gasteiger partial charge >= 0.3 is 18.1 Å². The molecule has 2 aromatic rings. The summed E-state index contributed by atoms with van der Waals surface area (Å²) in [5.74, 6) is -2.73. The lowest BCUT2D eigenvalue weighted by atomic mass is 10.1. The van der Waals surface area contributed by atoms with Gasteiger partial charge in [0.05, 0.1) is 19.1 Å². The maximum Gasteiger partial charge on any atom is 0.490 e. The van der Waals surface area contributed by atoms with E-state index in [0.29, 0.717) is 31.3 Å². The molecule has 33 heavy (non-hydrogen) atoms. The fourth-order valence-electron chi connectivity index (χ4n) is 2.89. The Balaban J connectivity index is 0.000000479. The average Bonchev–Trinajstić information content (AvgIpc) is 2.78. The summed E-state index contributed by atoms with van der Waals surface area (Å²) < 4.78 is 43.4. The molecule has 1 heterocycles. The molecule has 1 saturated heterocycles. The minimum atomic E-state index is -5.08. The Kier molecular flexibility index (Phi) is 9.95. The number of halogens is 4. The van der Waals surface area contributed by atoms with Gasteiger partial charge in [0.15, 0.2) is 0 Å². The van der Waals surface area contributed by atoms with E-state index in [9.17, 15) is 18.0 Å². The van der Waals surface area contributed by atoms with Crippen LogP contribution < -0.4 is 4.74 Å². The van der Waals surface area contributed by atoms with Gasteiger partial charge in [-0.15, -0.1) is 0 Å². The molecule has 1 aliphatic heterocycles. The van der Waals surface area contributed by atoms with Crippen LogP contribution in [0.2, 0.25) is 5.02 Å². The van der Waals surface area contributed by atoms with Gasteiger partial charge in [0.25, 0.3) is 0 Å². The van der Waals surface area contributed by atoms with Crippen molar-refractivity contribution in [2.75, 3.05) is 26.2 Å². The highest BCUT2D eigenvalue weighted by Crippen LogP contribution is 2.25. The Bertz CT molecular complexity index is 906. The minimum Gasteiger partial charge on any atom is -0.489 e. The second-order valence-electron chi connectivity index (χ2n) is 7.09. The van der Waals surface area contributed by atoms with Crippen LogP contribution in [0.4, 0.5) is 13.2 Å². The molecular weight excluding hydrogens is 467 g/mol. The highest BCUT2D eigenvalue weighted by atomic mass is 35.5. The van der Waals surface area contributed by atoms with E-state index >= 15 is 0 Å². The number of rotatable bonds is 7. The highest BCUT2D eigenvalue weighted by Gasteiger charge is 2.38. The average molecular weight is 490 g/mol. The molecule has 0 aromatic heterocycles. The second kappa shape index (κ2) is 12.4. The third kappa shape index (κ3) is 9.68. The molecule has 0 radical (unpaired) electrons. The summed E-state index contributed by atoms with van der Waals surface area (Å²) in [4.78, 5) is 21.8. The van der Waals surface area contributed by atoms with Crippen LogP contribution >= 0.6 is 11.6 Å². The minimum absolute atomic E-state index is 0.0390.